The standard InChI is InChI=1S/C31H37N5O3/c1-31(2,3)20-28(37)35-36-27(22-13-8-5-9-14-22)18-23(21-11-6-4-7-12-21)17-26(29(36)38)34-30(39)33-25-16-10-15-24(32)19-25/h4-16,19,23,26-27H,17-18,20,32H2,1-3H3,(H,35,37)(H2,33,34,39). The molecule has 4 rings (SSSR count). The van der Waals surface area contributed by atoms with E-state index in [2.05, 4.69) is 16.1 Å². The number of nitrogens with zero attached hydrogens (tertiary/aromatic N) is 1. The van der Waals surface area contributed by atoms with Gasteiger partial charge >= 0.3 is 6.03 Å². The maximum Gasteiger partial charge on any atom is 0.319 e. The number of nitrogens with two attached hydrogens (primary N) is 1. The third-order valence-corrected chi connectivity index (χ3v) is 6.72. The highest BCUT2D eigenvalue weighted by Crippen LogP contribution is 2.38. The zero-order chi connectivity index (χ0) is 28.0. The number of hydrazine groups is 1. The molecular weight excluding hydrogens is 490 g/mol. The second-order valence-electron chi connectivity index (χ2n) is 11.3. The van der Waals surface area contributed by atoms with Gasteiger partial charge < -0.3 is 16.4 Å². The molecule has 39 heavy (non-hydrogen) atoms. The quantitative estimate of drug-likeness (QED) is 0.322. The maximum absolute atomic E-state index is 14.1. The van der Waals surface area contributed by atoms with Crippen LogP contribution < -0.4 is 21.8 Å². The van der Waals surface area contributed by atoms with Crippen LogP contribution in [0, 0.1) is 5.41 Å². The lowest BCUT2D eigenvalue weighted by Crippen LogP contribution is -2.55. The molecule has 3 atom stereocenters. The molecule has 8 heteroatoms. The lowest BCUT2D eigenvalue weighted by molar-refractivity contribution is -0.146. The molecule has 1 saturated heterocycles. The molecule has 3 aromatic carbocycles. The third-order valence-electron chi connectivity index (χ3n) is 6.72. The summed E-state index contributed by atoms with van der Waals surface area (Å²) in [6, 6.07) is 24.7. The van der Waals surface area contributed by atoms with Crippen LogP contribution in [0.2, 0.25) is 0 Å². The molecule has 1 aliphatic heterocycles. The zero-order valence-corrected chi connectivity index (χ0v) is 22.7. The highest BCUT2D eigenvalue weighted by molar-refractivity contribution is 5.95. The van der Waals surface area contributed by atoms with Crippen LogP contribution in [0.1, 0.15) is 63.1 Å². The van der Waals surface area contributed by atoms with Gasteiger partial charge in [0.1, 0.15) is 6.04 Å². The molecule has 0 aromatic heterocycles. The third kappa shape index (κ3) is 7.60. The van der Waals surface area contributed by atoms with Crippen LogP contribution in [0.25, 0.3) is 0 Å². The number of benzene rings is 3. The Hall–Kier alpha value is -4.33. The fourth-order valence-corrected chi connectivity index (χ4v) is 4.99. The largest absolute Gasteiger partial charge is 0.399 e. The second-order valence-corrected chi connectivity index (χ2v) is 11.3. The van der Waals surface area contributed by atoms with E-state index >= 15 is 0 Å². The first-order valence-corrected chi connectivity index (χ1v) is 13.2. The Labute approximate surface area is 229 Å². The smallest absolute Gasteiger partial charge is 0.319 e. The summed E-state index contributed by atoms with van der Waals surface area (Å²) in [7, 11) is 0. The Morgan fingerprint density at radius 1 is 0.897 bits per heavy atom. The van der Waals surface area contributed by atoms with Crippen LogP contribution in [0.5, 0.6) is 0 Å². The van der Waals surface area contributed by atoms with Crippen LogP contribution in [0.3, 0.4) is 0 Å². The van der Waals surface area contributed by atoms with Gasteiger partial charge in [0.15, 0.2) is 0 Å². The van der Waals surface area contributed by atoms with Gasteiger partial charge in [-0.1, -0.05) is 87.5 Å². The second kappa shape index (κ2) is 12.0. The summed E-state index contributed by atoms with van der Waals surface area (Å²) >= 11 is 0. The van der Waals surface area contributed by atoms with E-state index in [4.69, 9.17) is 5.73 Å². The number of anilines is 2. The van der Waals surface area contributed by atoms with Crippen molar-refractivity contribution < 1.29 is 14.4 Å². The summed E-state index contributed by atoms with van der Waals surface area (Å²) in [5, 5.41) is 7.06. The topological polar surface area (TPSA) is 117 Å². The van der Waals surface area contributed by atoms with Crippen molar-refractivity contribution in [2.24, 2.45) is 5.41 Å². The molecule has 0 saturated carbocycles. The average Bonchev–Trinajstić information content (AvgIpc) is 3.01. The Bertz CT molecular complexity index is 1290. The van der Waals surface area contributed by atoms with Crippen LogP contribution in [0.15, 0.2) is 84.9 Å². The van der Waals surface area contributed by atoms with Gasteiger partial charge in [-0.25, -0.2) is 9.80 Å². The normalized spacial score (nSPS) is 19.6. The fraction of sp³-hybridized carbons (Fsp3) is 0.323. The number of rotatable bonds is 6. The van der Waals surface area contributed by atoms with Gasteiger partial charge in [0.05, 0.1) is 6.04 Å². The van der Waals surface area contributed by atoms with Gasteiger partial charge in [-0.2, -0.15) is 0 Å². The molecule has 0 bridgehead atoms. The van der Waals surface area contributed by atoms with Crippen molar-refractivity contribution in [3.8, 4) is 0 Å². The van der Waals surface area contributed by atoms with Crippen molar-refractivity contribution in [1.82, 2.24) is 15.8 Å². The number of hydrogen-bond donors (Lipinski definition) is 4. The Balaban J connectivity index is 1.68. The van der Waals surface area contributed by atoms with Gasteiger partial charge in [-0.05, 0) is 53.5 Å². The van der Waals surface area contributed by atoms with Crippen molar-refractivity contribution in [3.63, 3.8) is 0 Å². The minimum Gasteiger partial charge on any atom is -0.399 e. The number of carbonyl (C=O) groups excluding carboxylic acids is 3. The van der Waals surface area contributed by atoms with Gasteiger partial charge in [0, 0.05) is 17.8 Å². The van der Waals surface area contributed by atoms with E-state index in [9.17, 15) is 14.4 Å². The molecule has 8 nitrogen and oxygen atoms in total. The lowest BCUT2D eigenvalue weighted by atomic mass is 9.86. The summed E-state index contributed by atoms with van der Waals surface area (Å²) in [5.41, 5.74) is 11.5. The van der Waals surface area contributed by atoms with E-state index in [-0.39, 0.29) is 29.6 Å². The van der Waals surface area contributed by atoms with E-state index < -0.39 is 18.1 Å². The molecule has 3 aromatic rings. The zero-order valence-electron chi connectivity index (χ0n) is 22.7. The maximum atomic E-state index is 14.1. The van der Waals surface area contributed by atoms with Crippen molar-refractivity contribution in [2.45, 2.75) is 58.0 Å². The van der Waals surface area contributed by atoms with E-state index in [1.165, 1.54) is 5.01 Å². The molecule has 5 N–H and O–H groups in total. The van der Waals surface area contributed by atoms with Gasteiger partial charge in [-0.15, -0.1) is 0 Å². The molecule has 3 unspecified atom stereocenters. The predicted octanol–water partition coefficient (Wildman–Crippen LogP) is 5.37. The number of carbonyl (C=O) groups is 3. The van der Waals surface area contributed by atoms with E-state index in [1.54, 1.807) is 24.3 Å². The van der Waals surface area contributed by atoms with Crippen molar-refractivity contribution in [3.05, 3.63) is 96.1 Å². The van der Waals surface area contributed by atoms with Crippen LogP contribution in [-0.2, 0) is 9.59 Å². The van der Waals surface area contributed by atoms with Gasteiger partial charge in [0.25, 0.3) is 5.91 Å². The SMILES string of the molecule is CC(C)(C)CC(=O)NN1C(=O)C(NC(=O)Nc2cccc(N)c2)CC(c2ccccc2)CC1c1ccccc1. The van der Waals surface area contributed by atoms with Crippen molar-refractivity contribution in [1.29, 1.82) is 0 Å². The van der Waals surface area contributed by atoms with Crippen molar-refractivity contribution in [2.75, 3.05) is 11.1 Å². The Kier molecular flexibility index (Phi) is 8.54. The number of hydrogen-bond acceptors (Lipinski definition) is 4. The molecular formula is C31H37N5O3. The van der Waals surface area contributed by atoms with Crippen molar-refractivity contribution >= 4 is 29.2 Å². The van der Waals surface area contributed by atoms with Gasteiger partial charge in [-0.3, -0.25) is 15.0 Å². The first kappa shape index (κ1) is 27.7. The molecule has 1 aliphatic rings. The van der Waals surface area contributed by atoms with Crippen LogP contribution in [0.4, 0.5) is 16.2 Å². The predicted molar refractivity (Wildman–Crippen MR) is 153 cm³/mol. The summed E-state index contributed by atoms with van der Waals surface area (Å²) in [4.78, 5) is 40.2. The minimum atomic E-state index is -0.875. The molecule has 0 spiro atoms. The van der Waals surface area contributed by atoms with Gasteiger partial charge in [0.2, 0.25) is 5.91 Å². The molecule has 0 aliphatic carbocycles. The first-order valence-electron chi connectivity index (χ1n) is 13.2. The summed E-state index contributed by atoms with van der Waals surface area (Å²) < 4.78 is 0. The monoisotopic (exact) mass is 527 g/mol. The Morgan fingerprint density at radius 3 is 2.15 bits per heavy atom. The first-order chi connectivity index (χ1) is 18.6. The number of nitrogen functional groups attached to an aromatic ring is 1. The van der Waals surface area contributed by atoms with E-state index in [0.29, 0.717) is 24.2 Å². The number of nitrogens with one attached hydrogen (secondary N) is 3. The van der Waals surface area contributed by atoms with Crippen LogP contribution in [-0.4, -0.2) is 28.9 Å². The molecule has 204 valence electrons. The lowest BCUT2D eigenvalue weighted by Gasteiger charge is -2.33. The number of amides is 4. The highest BCUT2D eigenvalue weighted by atomic mass is 16.2. The summed E-state index contributed by atoms with van der Waals surface area (Å²) in [6.45, 7) is 5.92. The molecule has 0 radical (unpaired) electrons. The Morgan fingerprint density at radius 2 is 1.54 bits per heavy atom. The summed E-state index contributed by atoms with van der Waals surface area (Å²) in [5.74, 6) is -0.673. The fourth-order valence-electron chi connectivity index (χ4n) is 4.99. The van der Waals surface area contributed by atoms with E-state index in [0.717, 1.165) is 11.1 Å². The highest BCUT2D eigenvalue weighted by Gasteiger charge is 2.40. The molecule has 1 heterocycles. The average molecular weight is 528 g/mol. The minimum absolute atomic E-state index is 0.0532. The molecule has 1 fully saturated rings. The van der Waals surface area contributed by atoms with E-state index in [1.807, 2.05) is 81.4 Å². The number of urea groups is 1. The van der Waals surface area contributed by atoms with Crippen LogP contribution >= 0.6 is 0 Å². The summed E-state index contributed by atoms with van der Waals surface area (Å²) in [6.07, 6.45) is 1.20. The molecule has 4 amide bonds.